The van der Waals surface area contributed by atoms with Crippen LogP contribution in [0, 0.1) is 28.6 Å². The zero-order valence-electron chi connectivity index (χ0n) is 14.7. The second-order valence-electron chi connectivity index (χ2n) is 5.99. The summed E-state index contributed by atoms with van der Waals surface area (Å²) in [5.41, 5.74) is 0.0913. The van der Waals surface area contributed by atoms with Gasteiger partial charge in [0.2, 0.25) is 0 Å². The highest BCUT2D eigenvalue weighted by molar-refractivity contribution is 6.33. The Morgan fingerprint density at radius 3 is 2.42 bits per heavy atom. The second kappa shape index (κ2) is 9.68. The van der Waals surface area contributed by atoms with Crippen molar-refractivity contribution in [3.05, 3.63) is 34.9 Å². The van der Waals surface area contributed by atoms with Crippen LogP contribution in [0.4, 0.5) is 0 Å². The van der Waals surface area contributed by atoms with Crippen molar-refractivity contribution in [2.24, 2.45) is 11.8 Å². The van der Waals surface area contributed by atoms with E-state index in [4.69, 9.17) is 27.0 Å². The van der Waals surface area contributed by atoms with E-state index in [0.717, 1.165) is 0 Å². The number of benzene rings is 1. The monoisotopic (exact) mass is 377 g/mol. The summed E-state index contributed by atoms with van der Waals surface area (Å²) in [5, 5.41) is 19.0. The molecular weight excluding hydrogens is 358 g/mol. The summed E-state index contributed by atoms with van der Waals surface area (Å²) < 4.78 is 4.94. The minimum Gasteiger partial charge on any atom is -0.456 e. The molecule has 138 valence electrons. The fourth-order valence-electron chi connectivity index (χ4n) is 2.09. The van der Waals surface area contributed by atoms with Gasteiger partial charge in [0.1, 0.15) is 12.0 Å². The first-order chi connectivity index (χ1) is 12.2. The van der Waals surface area contributed by atoms with Gasteiger partial charge in [0, 0.05) is 5.71 Å². The maximum Gasteiger partial charge on any atom is 0.329 e. The van der Waals surface area contributed by atoms with E-state index in [1.54, 1.807) is 38.1 Å². The first kappa shape index (κ1) is 21.3. The summed E-state index contributed by atoms with van der Waals surface area (Å²) in [6, 6.07) is 7.09. The molecule has 0 aliphatic rings. The molecular formula is C18H20ClN3O4. The molecule has 0 aromatic heterocycles. The molecule has 0 saturated heterocycles. The van der Waals surface area contributed by atoms with Gasteiger partial charge < -0.3 is 15.5 Å². The van der Waals surface area contributed by atoms with E-state index in [9.17, 15) is 14.4 Å². The van der Waals surface area contributed by atoms with Crippen LogP contribution in [0.15, 0.2) is 24.3 Å². The van der Waals surface area contributed by atoms with E-state index >= 15 is 0 Å². The Balaban J connectivity index is 2.78. The Labute approximate surface area is 156 Å². The van der Waals surface area contributed by atoms with Crippen LogP contribution >= 0.6 is 11.6 Å². The lowest BCUT2D eigenvalue weighted by molar-refractivity contribution is -0.151. The molecule has 1 amide bonds. The fourth-order valence-corrected chi connectivity index (χ4v) is 2.31. The van der Waals surface area contributed by atoms with Crippen LogP contribution in [0.5, 0.6) is 0 Å². The predicted octanol–water partition coefficient (Wildman–Crippen LogP) is 2.39. The normalized spacial score (nSPS) is 12.6. The molecule has 0 radical (unpaired) electrons. The number of ether oxygens (including phenoxy) is 1. The van der Waals surface area contributed by atoms with Gasteiger partial charge in [-0.05, 0) is 25.0 Å². The number of ketones is 1. The number of hydrogen-bond acceptors (Lipinski definition) is 6. The largest absolute Gasteiger partial charge is 0.456 e. The number of carbonyl (C=O) groups is 3. The standard InChI is InChI=1S/C18H20ClN3O4/c1-10(2)16(22-17(24)12-6-4-5-7-14(12)19)18(25)26-9-15(23)13(8-20)11(3)21/h4-7,10,13,16,21H,9H2,1-3H3,(H,22,24)/t13?,16-/m0/s1. The number of esters is 1. The first-order valence-corrected chi connectivity index (χ1v) is 8.26. The van der Waals surface area contributed by atoms with E-state index in [1.165, 1.54) is 13.0 Å². The Morgan fingerprint density at radius 1 is 1.31 bits per heavy atom. The molecule has 0 fully saturated rings. The molecule has 0 heterocycles. The van der Waals surface area contributed by atoms with Gasteiger partial charge in [-0.15, -0.1) is 0 Å². The lowest BCUT2D eigenvalue weighted by atomic mass is 10.0. The van der Waals surface area contributed by atoms with Gasteiger partial charge in [0.15, 0.2) is 12.4 Å². The molecule has 1 aromatic rings. The van der Waals surface area contributed by atoms with Crippen LogP contribution < -0.4 is 5.32 Å². The molecule has 1 rings (SSSR count). The highest BCUT2D eigenvalue weighted by atomic mass is 35.5. The molecule has 2 N–H and O–H groups in total. The van der Waals surface area contributed by atoms with Crippen molar-refractivity contribution in [1.82, 2.24) is 5.32 Å². The number of nitrogens with one attached hydrogen (secondary N) is 2. The molecule has 0 spiro atoms. The van der Waals surface area contributed by atoms with Crippen molar-refractivity contribution < 1.29 is 19.1 Å². The zero-order chi connectivity index (χ0) is 19.9. The van der Waals surface area contributed by atoms with E-state index in [2.05, 4.69) is 5.32 Å². The van der Waals surface area contributed by atoms with Gasteiger partial charge in [-0.3, -0.25) is 9.59 Å². The third-order valence-corrected chi connectivity index (χ3v) is 3.90. The first-order valence-electron chi connectivity index (χ1n) is 7.88. The number of amides is 1. The predicted molar refractivity (Wildman–Crippen MR) is 96.0 cm³/mol. The zero-order valence-corrected chi connectivity index (χ0v) is 15.5. The topological polar surface area (TPSA) is 120 Å². The molecule has 8 heteroatoms. The molecule has 1 aromatic carbocycles. The van der Waals surface area contributed by atoms with Crippen LogP contribution in [0.2, 0.25) is 5.02 Å². The van der Waals surface area contributed by atoms with Crippen molar-refractivity contribution in [3.63, 3.8) is 0 Å². The minimum atomic E-state index is -1.25. The maximum absolute atomic E-state index is 12.3. The summed E-state index contributed by atoms with van der Waals surface area (Å²) in [4.78, 5) is 36.4. The molecule has 0 aliphatic carbocycles. The Morgan fingerprint density at radius 2 is 1.92 bits per heavy atom. The van der Waals surface area contributed by atoms with Gasteiger partial charge in [-0.2, -0.15) is 5.26 Å². The van der Waals surface area contributed by atoms with E-state index in [0.29, 0.717) is 0 Å². The highest BCUT2D eigenvalue weighted by Gasteiger charge is 2.28. The van der Waals surface area contributed by atoms with E-state index in [1.807, 2.05) is 0 Å². The summed E-state index contributed by atoms with van der Waals surface area (Å²) in [6.07, 6.45) is 0. The van der Waals surface area contributed by atoms with Crippen LogP contribution in [-0.4, -0.2) is 36.0 Å². The third kappa shape index (κ3) is 5.67. The van der Waals surface area contributed by atoms with Crippen molar-refractivity contribution in [1.29, 1.82) is 10.7 Å². The van der Waals surface area contributed by atoms with Crippen LogP contribution in [-0.2, 0) is 14.3 Å². The number of hydrogen-bond donors (Lipinski definition) is 2. The number of Topliss-reactive ketones (excluding diaryl/α,β-unsaturated/α-hetero) is 1. The van der Waals surface area contributed by atoms with Crippen LogP contribution in [0.1, 0.15) is 31.1 Å². The molecule has 2 atom stereocenters. The number of nitrogens with zero attached hydrogens (tertiary/aromatic N) is 1. The lowest BCUT2D eigenvalue weighted by Gasteiger charge is -2.21. The van der Waals surface area contributed by atoms with Crippen molar-refractivity contribution >= 4 is 35.0 Å². The van der Waals surface area contributed by atoms with E-state index in [-0.39, 0.29) is 22.2 Å². The summed E-state index contributed by atoms with van der Waals surface area (Å²) in [5.74, 6) is -3.58. The molecule has 0 bridgehead atoms. The highest BCUT2D eigenvalue weighted by Crippen LogP contribution is 2.16. The lowest BCUT2D eigenvalue weighted by Crippen LogP contribution is -2.46. The van der Waals surface area contributed by atoms with Crippen molar-refractivity contribution in [3.8, 4) is 6.07 Å². The summed E-state index contributed by atoms with van der Waals surface area (Å²) in [7, 11) is 0. The number of halogens is 1. The van der Waals surface area contributed by atoms with Gasteiger partial charge in [-0.1, -0.05) is 37.6 Å². The van der Waals surface area contributed by atoms with E-state index < -0.39 is 36.2 Å². The Bertz CT molecular complexity index is 755. The Hall–Kier alpha value is -2.72. The van der Waals surface area contributed by atoms with Gasteiger partial charge in [0.05, 0.1) is 16.7 Å². The van der Waals surface area contributed by atoms with Gasteiger partial charge in [-0.25, -0.2) is 4.79 Å². The quantitative estimate of drug-likeness (QED) is 0.532. The molecule has 26 heavy (non-hydrogen) atoms. The average Bonchev–Trinajstić information content (AvgIpc) is 2.57. The molecule has 1 unspecified atom stereocenters. The Kier molecular flexibility index (Phi) is 7.94. The SMILES string of the molecule is CC(=N)C(C#N)C(=O)COC(=O)[C@@H](NC(=O)c1ccccc1Cl)C(C)C. The summed E-state index contributed by atoms with van der Waals surface area (Å²) in [6.45, 7) is 4.10. The number of carbonyl (C=O) groups excluding carboxylic acids is 3. The van der Waals surface area contributed by atoms with Gasteiger partial charge >= 0.3 is 5.97 Å². The van der Waals surface area contributed by atoms with Crippen LogP contribution in [0.25, 0.3) is 0 Å². The van der Waals surface area contributed by atoms with Crippen molar-refractivity contribution in [2.75, 3.05) is 6.61 Å². The maximum atomic E-state index is 12.3. The third-order valence-electron chi connectivity index (χ3n) is 3.57. The average molecular weight is 378 g/mol. The van der Waals surface area contributed by atoms with Crippen LogP contribution in [0.3, 0.4) is 0 Å². The molecule has 0 aliphatic heterocycles. The molecule has 0 saturated carbocycles. The smallest absolute Gasteiger partial charge is 0.329 e. The number of nitriles is 1. The minimum absolute atomic E-state index is 0.124. The van der Waals surface area contributed by atoms with Gasteiger partial charge in [0.25, 0.3) is 5.91 Å². The number of rotatable bonds is 8. The fraction of sp³-hybridized carbons (Fsp3) is 0.389. The molecule has 7 nitrogen and oxygen atoms in total. The second-order valence-corrected chi connectivity index (χ2v) is 6.40. The van der Waals surface area contributed by atoms with Crippen molar-refractivity contribution in [2.45, 2.75) is 26.8 Å². The summed E-state index contributed by atoms with van der Waals surface area (Å²) >= 11 is 5.97.